The van der Waals surface area contributed by atoms with Gasteiger partial charge in [0.05, 0.1) is 4.75 Å². The Morgan fingerprint density at radius 1 is 1.36 bits per heavy atom. The summed E-state index contributed by atoms with van der Waals surface area (Å²) in [6.07, 6.45) is -0.888. The number of benzene rings is 1. The molecule has 0 aromatic heterocycles. The maximum atomic E-state index is 12.3. The Morgan fingerprint density at radius 3 is 2.52 bits per heavy atom. The first-order valence-corrected chi connectivity index (χ1v) is 8.81. The number of hydrogen-bond acceptors (Lipinski definition) is 5. The van der Waals surface area contributed by atoms with E-state index < -0.39 is 23.0 Å². The molecular weight excluding hydrogens is 386 g/mol. The number of nitrogens with one attached hydrogen (secondary N) is 3. The number of carbonyl (C=O) groups is 2. The summed E-state index contributed by atoms with van der Waals surface area (Å²) in [5.74, 6) is 0. The van der Waals surface area contributed by atoms with Crippen molar-refractivity contribution < 1.29 is 14.8 Å². The van der Waals surface area contributed by atoms with Crippen molar-refractivity contribution in [1.82, 2.24) is 20.8 Å². The number of nitrogens with zero attached hydrogens (tertiary/aromatic N) is 2. The number of rotatable bonds is 3. The van der Waals surface area contributed by atoms with Crippen LogP contribution in [-0.4, -0.2) is 49.6 Å². The van der Waals surface area contributed by atoms with E-state index in [2.05, 4.69) is 16.1 Å². The first kappa shape index (κ1) is 19.6. The van der Waals surface area contributed by atoms with Gasteiger partial charge in [-0.05, 0) is 38.1 Å². The molecule has 0 spiro atoms. The zero-order valence-corrected chi connectivity index (χ0v) is 16.1. The molecule has 1 atom stereocenters. The SMILES string of the molecule is CNC(=O)N(O)[C@H]1N(NC(=O)Nc2ccc(Cl)cc2)C(=S)SC1(C)C. The Bertz CT molecular complexity index is 686. The van der Waals surface area contributed by atoms with Crippen LogP contribution in [0.3, 0.4) is 0 Å². The zero-order valence-electron chi connectivity index (χ0n) is 13.7. The number of hydroxylamine groups is 2. The normalized spacial score (nSPS) is 18.7. The molecule has 1 heterocycles. The van der Waals surface area contributed by atoms with E-state index in [-0.39, 0.29) is 0 Å². The van der Waals surface area contributed by atoms with Gasteiger partial charge in [0.1, 0.15) is 0 Å². The molecule has 0 radical (unpaired) electrons. The summed E-state index contributed by atoms with van der Waals surface area (Å²) in [5, 5.41) is 17.5. The Kier molecular flexibility index (Phi) is 5.99. The Labute approximate surface area is 159 Å². The fourth-order valence-electron chi connectivity index (χ4n) is 2.28. The molecule has 1 aromatic carbocycles. The van der Waals surface area contributed by atoms with E-state index in [1.165, 1.54) is 23.8 Å². The van der Waals surface area contributed by atoms with Crippen LogP contribution in [0.2, 0.25) is 5.02 Å². The van der Waals surface area contributed by atoms with Crippen molar-refractivity contribution >= 4 is 57.7 Å². The quantitative estimate of drug-likeness (QED) is 0.352. The third-order valence-corrected chi connectivity index (χ3v) is 5.20. The van der Waals surface area contributed by atoms with E-state index in [9.17, 15) is 14.8 Å². The smallest absolute Gasteiger partial charge is 0.339 e. The number of hydrogen-bond donors (Lipinski definition) is 4. The topological polar surface area (TPSA) is 96.9 Å². The molecule has 1 aliphatic rings. The van der Waals surface area contributed by atoms with Gasteiger partial charge in [-0.2, -0.15) is 5.06 Å². The number of amides is 4. The molecular formula is C14H18ClN5O3S2. The first-order chi connectivity index (χ1) is 11.7. The van der Waals surface area contributed by atoms with Crippen LogP contribution in [0.1, 0.15) is 13.8 Å². The number of carbonyl (C=O) groups excluding carboxylic acids is 2. The molecule has 1 fully saturated rings. The van der Waals surface area contributed by atoms with E-state index in [0.717, 1.165) is 0 Å². The Hall–Kier alpha value is -1.75. The minimum atomic E-state index is -0.888. The monoisotopic (exact) mass is 403 g/mol. The molecule has 0 saturated carbocycles. The van der Waals surface area contributed by atoms with E-state index >= 15 is 0 Å². The van der Waals surface area contributed by atoms with Gasteiger partial charge in [0.15, 0.2) is 10.5 Å². The first-order valence-electron chi connectivity index (χ1n) is 7.21. The number of anilines is 1. The number of thiocarbonyl (C=S) groups is 1. The Balaban J connectivity index is 2.14. The summed E-state index contributed by atoms with van der Waals surface area (Å²) in [4.78, 5) is 24.0. The van der Waals surface area contributed by atoms with Crippen molar-refractivity contribution in [3.05, 3.63) is 29.3 Å². The van der Waals surface area contributed by atoms with Crippen LogP contribution in [-0.2, 0) is 0 Å². The van der Waals surface area contributed by atoms with Crippen molar-refractivity contribution in [3.63, 3.8) is 0 Å². The maximum Gasteiger partial charge on any atom is 0.343 e. The molecule has 0 aliphatic carbocycles. The summed E-state index contributed by atoms with van der Waals surface area (Å²) < 4.78 is -0.324. The van der Waals surface area contributed by atoms with Gasteiger partial charge in [-0.3, -0.25) is 5.21 Å². The van der Waals surface area contributed by atoms with Crippen molar-refractivity contribution in [2.45, 2.75) is 24.8 Å². The van der Waals surface area contributed by atoms with Gasteiger partial charge >= 0.3 is 12.1 Å². The van der Waals surface area contributed by atoms with Crippen LogP contribution in [0.5, 0.6) is 0 Å². The molecule has 11 heteroatoms. The zero-order chi connectivity index (χ0) is 18.8. The third-order valence-electron chi connectivity index (χ3n) is 3.39. The van der Waals surface area contributed by atoms with Crippen LogP contribution >= 0.6 is 35.6 Å². The van der Waals surface area contributed by atoms with Gasteiger partial charge in [0, 0.05) is 17.8 Å². The molecule has 4 amide bonds. The summed E-state index contributed by atoms with van der Waals surface area (Å²) in [7, 11) is 1.39. The molecule has 4 N–H and O–H groups in total. The third kappa shape index (κ3) is 4.46. The van der Waals surface area contributed by atoms with Crippen molar-refractivity contribution in [1.29, 1.82) is 0 Å². The predicted octanol–water partition coefficient (Wildman–Crippen LogP) is 2.85. The molecule has 2 rings (SSSR count). The molecule has 8 nitrogen and oxygen atoms in total. The van der Waals surface area contributed by atoms with Crippen molar-refractivity contribution in [2.75, 3.05) is 12.4 Å². The molecule has 1 aliphatic heterocycles. The molecule has 0 unspecified atom stereocenters. The minimum absolute atomic E-state index is 0.323. The summed E-state index contributed by atoms with van der Waals surface area (Å²) in [5.41, 5.74) is 3.09. The lowest BCUT2D eigenvalue weighted by atomic mass is 10.1. The maximum absolute atomic E-state index is 12.3. The Morgan fingerprint density at radius 2 is 1.96 bits per heavy atom. The summed E-state index contributed by atoms with van der Waals surface area (Å²) in [6.45, 7) is 3.61. The second-order valence-electron chi connectivity index (χ2n) is 5.69. The highest BCUT2D eigenvalue weighted by atomic mass is 35.5. The summed E-state index contributed by atoms with van der Waals surface area (Å²) >= 11 is 12.3. The average Bonchev–Trinajstić information content (AvgIpc) is 2.76. The lowest BCUT2D eigenvalue weighted by Gasteiger charge is -2.36. The van der Waals surface area contributed by atoms with Crippen molar-refractivity contribution in [3.8, 4) is 0 Å². The van der Waals surface area contributed by atoms with Crippen LogP contribution in [0.15, 0.2) is 24.3 Å². The van der Waals surface area contributed by atoms with Crippen LogP contribution in [0.25, 0.3) is 0 Å². The molecule has 1 saturated heterocycles. The number of hydrazine groups is 1. The van der Waals surface area contributed by atoms with Crippen molar-refractivity contribution in [2.24, 2.45) is 0 Å². The van der Waals surface area contributed by atoms with Crippen LogP contribution < -0.4 is 16.1 Å². The van der Waals surface area contributed by atoms with E-state index in [1.54, 1.807) is 38.1 Å². The lowest BCUT2D eigenvalue weighted by Crippen LogP contribution is -2.61. The van der Waals surface area contributed by atoms with Gasteiger partial charge in [0.25, 0.3) is 0 Å². The van der Waals surface area contributed by atoms with Crippen LogP contribution in [0.4, 0.5) is 15.3 Å². The van der Waals surface area contributed by atoms with Gasteiger partial charge < -0.3 is 10.6 Å². The van der Waals surface area contributed by atoms with Gasteiger partial charge in [0.2, 0.25) is 0 Å². The second-order valence-corrected chi connectivity index (χ2v) is 8.41. The van der Waals surface area contributed by atoms with Gasteiger partial charge in [-0.15, -0.1) is 0 Å². The fourth-order valence-corrected chi connectivity index (χ4v) is 4.20. The standard InChI is InChI=1S/C14H18ClN5O3S2/c1-14(2)10(20(23)12(22)16-3)19(13(24)25-14)18-11(21)17-9-6-4-8(15)5-7-9/h4-7,10,23H,1-3H3,(H,16,22)(H2,17,18,21)/t10-/m1/s1. The van der Waals surface area contributed by atoms with Gasteiger partial charge in [-0.25, -0.2) is 20.0 Å². The number of thioether (sulfide) groups is 1. The molecule has 25 heavy (non-hydrogen) atoms. The fraction of sp³-hybridized carbons (Fsp3) is 0.357. The van der Waals surface area contributed by atoms with E-state index in [4.69, 9.17) is 23.8 Å². The second kappa shape index (κ2) is 7.65. The van der Waals surface area contributed by atoms with Gasteiger partial charge in [-0.1, -0.05) is 35.6 Å². The molecule has 0 bridgehead atoms. The minimum Gasteiger partial charge on any atom is -0.339 e. The van der Waals surface area contributed by atoms with Crippen LogP contribution in [0, 0.1) is 0 Å². The van der Waals surface area contributed by atoms with E-state index in [0.29, 0.717) is 20.1 Å². The highest BCUT2D eigenvalue weighted by Crippen LogP contribution is 2.41. The molecule has 1 aromatic rings. The van der Waals surface area contributed by atoms with E-state index in [1.807, 2.05) is 0 Å². The molecule has 136 valence electrons. The predicted molar refractivity (Wildman–Crippen MR) is 102 cm³/mol. The highest BCUT2D eigenvalue weighted by molar-refractivity contribution is 8.24. The lowest BCUT2D eigenvalue weighted by molar-refractivity contribution is -0.123. The average molecular weight is 404 g/mol. The number of halogens is 1. The largest absolute Gasteiger partial charge is 0.343 e. The number of urea groups is 2. The highest BCUT2D eigenvalue weighted by Gasteiger charge is 2.50. The summed E-state index contributed by atoms with van der Waals surface area (Å²) in [6, 6.07) is 5.28.